The van der Waals surface area contributed by atoms with Gasteiger partial charge in [0.25, 0.3) is 0 Å². The topological polar surface area (TPSA) is 23.5 Å². The van der Waals surface area contributed by atoms with E-state index >= 15 is 0 Å². The second-order valence-electron chi connectivity index (χ2n) is 6.05. The van der Waals surface area contributed by atoms with Gasteiger partial charge in [0.15, 0.2) is 0 Å². The van der Waals surface area contributed by atoms with Crippen molar-refractivity contribution in [2.75, 3.05) is 13.6 Å². The molecule has 1 heterocycles. The fourth-order valence-corrected chi connectivity index (χ4v) is 4.03. The van der Waals surface area contributed by atoms with Gasteiger partial charge in [0.05, 0.1) is 6.10 Å². The van der Waals surface area contributed by atoms with Gasteiger partial charge in [-0.2, -0.15) is 0 Å². The average Bonchev–Trinajstić information content (AvgIpc) is 2.94. The highest BCUT2D eigenvalue weighted by molar-refractivity contribution is 7.10. The maximum atomic E-state index is 10.2. The van der Waals surface area contributed by atoms with Crippen LogP contribution in [0.1, 0.15) is 50.4 Å². The minimum Gasteiger partial charge on any atom is -0.393 e. The summed E-state index contributed by atoms with van der Waals surface area (Å²) in [6.07, 6.45) is 4.55. The SMILES string of the molecule is CCC1CCC(O)C(CN(C)C(C)c2cccs2)C1. The molecule has 4 unspecified atom stereocenters. The summed E-state index contributed by atoms with van der Waals surface area (Å²) >= 11 is 1.82. The van der Waals surface area contributed by atoms with E-state index < -0.39 is 0 Å². The van der Waals surface area contributed by atoms with Crippen molar-refractivity contribution in [3.63, 3.8) is 0 Å². The van der Waals surface area contributed by atoms with E-state index in [1.54, 1.807) is 0 Å². The summed E-state index contributed by atoms with van der Waals surface area (Å²) in [5, 5.41) is 12.4. The van der Waals surface area contributed by atoms with Crippen LogP contribution in [0.25, 0.3) is 0 Å². The molecule has 0 bridgehead atoms. The summed E-state index contributed by atoms with van der Waals surface area (Å²) in [7, 11) is 2.19. The maximum absolute atomic E-state index is 10.2. The van der Waals surface area contributed by atoms with Gasteiger partial charge in [-0.1, -0.05) is 19.4 Å². The van der Waals surface area contributed by atoms with Gasteiger partial charge in [0.1, 0.15) is 0 Å². The third-order valence-electron chi connectivity index (χ3n) is 4.77. The first-order chi connectivity index (χ1) is 9.11. The van der Waals surface area contributed by atoms with Crippen LogP contribution in [-0.2, 0) is 0 Å². The number of rotatable bonds is 5. The minimum absolute atomic E-state index is 0.0965. The molecular formula is C16H27NOS. The van der Waals surface area contributed by atoms with E-state index in [9.17, 15) is 5.11 Å². The van der Waals surface area contributed by atoms with E-state index in [2.05, 4.69) is 43.3 Å². The molecule has 0 spiro atoms. The molecule has 2 nitrogen and oxygen atoms in total. The van der Waals surface area contributed by atoms with E-state index in [1.165, 1.54) is 24.1 Å². The van der Waals surface area contributed by atoms with E-state index in [4.69, 9.17) is 0 Å². The van der Waals surface area contributed by atoms with Crippen molar-refractivity contribution in [2.24, 2.45) is 11.8 Å². The second kappa shape index (κ2) is 6.87. The largest absolute Gasteiger partial charge is 0.393 e. The minimum atomic E-state index is -0.0965. The Morgan fingerprint density at radius 1 is 1.47 bits per heavy atom. The van der Waals surface area contributed by atoms with Crippen molar-refractivity contribution < 1.29 is 5.11 Å². The smallest absolute Gasteiger partial charge is 0.0580 e. The number of hydrogen-bond donors (Lipinski definition) is 1. The summed E-state index contributed by atoms with van der Waals surface area (Å²) in [6, 6.07) is 4.78. The number of thiophene rings is 1. The first-order valence-electron chi connectivity index (χ1n) is 7.53. The molecular weight excluding hydrogens is 254 g/mol. The fraction of sp³-hybridized carbons (Fsp3) is 0.750. The Kier molecular flexibility index (Phi) is 5.43. The molecule has 1 saturated carbocycles. The third-order valence-corrected chi connectivity index (χ3v) is 5.81. The van der Waals surface area contributed by atoms with E-state index in [0.717, 1.165) is 18.9 Å². The molecule has 19 heavy (non-hydrogen) atoms. The third kappa shape index (κ3) is 3.80. The lowest BCUT2D eigenvalue weighted by molar-refractivity contribution is 0.0254. The molecule has 2 rings (SSSR count). The van der Waals surface area contributed by atoms with Crippen LogP contribution in [-0.4, -0.2) is 29.7 Å². The molecule has 1 aromatic heterocycles. The number of aliphatic hydroxyl groups excluding tert-OH is 1. The lowest BCUT2D eigenvalue weighted by Gasteiger charge is -2.36. The number of hydrogen-bond acceptors (Lipinski definition) is 3. The molecule has 3 heteroatoms. The van der Waals surface area contributed by atoms with Crippen LogP contribution in [0, 0.1) is 11.8 Å². The van der Waals surface area contributed by atoms with Gasteiger partial charge in [-0.05, 0) is 56.5 Å². The predicted octanol–water partition coefficient (Wildman–Crippen LogP) is 3.93. The summed E-state index contributed by atoms with van der Waals surface area (Å²) in [5.74, 6) is 1.27. The molecule has 108 valence electrons. The molecule has 4 atom stereocenters. The van der Waals surface area contributed by atoms with Crippen molar-refractivity contribution in [3.05, 3.63) is 22.4 Å². The fourth-order valence-electron chi connectivity index (χ4n) is 3.19. The van der Waals surface area contributed by atoms with Gasteiger partial charge in [-0.25, -0.2) is 0 Å². The van der Waals surface area contributed by atoms with Gasteiger partial charge in [0, 0.05) is 17.5 Å². The first-order valence-corrected chi connectivity index (χ1v) is 8.41. The van der Waals surface area contributed by atoms with Crippen LogP contribution in [0.2, 0.25) is 0 Å². The lowest BCUT2D eigenvalue weighted by atomic mass is 9.78. The molecule has 1 aliphatic rings. The molecule has 1 fully saturated rings. The number of aliphatic hydroxyl groups is 1. The second-order valence-corrected chi connectivity index (χ2v) is 7.02. The molecule has 0 saturated heterocycles. The van der Waals surface area contributed by atoms with Crippen molar-refractivity contribution in [3.8, 4) is 0 Å². The Morgan fingerprint density at radius 3 is 2.89 bits per heavy atom. The van der Waals surface area contributed by atoms with Gasteiger partial charge in [-0.3, -0.25) is 4.90 Å². The molecule has 1 aliphatic carbocycles. The molecule has 1 aromatic rings. The van der Waals surface area contributed by atoms with Gasteiger partial charge < -0.3 is 5.11 Å². The van der Waals surface area contributed by atoms with Crippen LogP contribution in [0.5, 0.6) is 0 Å². The van der Waals surface area contributed by atoms with Gasteiger partial charge in [0.2, 0.25) is 0 Å². The zero-order valence-corrected chi connectivity index (χ0v) is 13.2. The standard InChI is InChI=1S/C16H27NOS/c1-4-13-7-8-15(18)14(10-13)11-17(3)12(2)16-6-5-9-19-16/h5-6,9,12-15,18H,4,7-8,10-11H2,1-3H3. The van der Waals surface area contributed by atoms with E-state index in [1.807, 2.05) is 11.3 Å². The summed E-state index contributed by atoms with van der Waals surface area (Å²) in [6.45, 7) is 5.55. The van der Waals surface area contributed by atoms with Crippen LogP contribution in [0.4, 0.5) is 0 Å². The zero-order chi connectivity index (χ0) is 13.8. The van der Waals surface area contributed by atoms with Crippen LogP contribution in [0.15, 0.2) is 17.5 Å². The molecule has 0 amide bonds. The van der Waals surface area contributed by atoms with Crippen molar-refractivity contribution in [1.29, 1.82) is 0 Å². The maximum Gasteiger partial charge on any atom is 0.0580 e. The first kappa shape index (κ1) is 15.0. The van der Waals surface area contributed by atoms with Crippen molar-refractivity contribution >= 4 is 11.3 Å². The Hall–Kier alpha value is -0.380. The van der Waals surface area contributed by atoms with Gasteiger partial charge in [-0.15, -0.1) is 11.3 Å². The normalized spacial score (nSPS) is 29.6. The molecule has 0 radical (unpaired) electrons. The Balaban J connectivity index is 1.91. The van der Waals surface area contributed by atoms with Crippen molar-refractivity contribution in [2.45, 2.75) is 51.7 Å². The Bertz CT molecular complexity index is 365. The van der Waals surface area contributed by atoms with Crippen LogP contribution in [0.3, 0.4) is 0 Å². The van der Waals surface area contributed by atoms with Crippen molar-refractivity contribution in [1.82, 2.24) is 4.90 Å². The summed E-state index contributed by atoms with van der Waals surface area (Å²) in [5.41, 5.74) is 0. The van der Waals surface area contributed by atoms with Gasteiger partial charge >= 0.3 is 0 Å². The highest BCUT2D eigenvalue weighted by atomic mass is 32.1. The predicted molar refractivity (Wildman–Crippen MR) is 82.5 cm³/mol. The van der Waals surface area contributed by atoms with E-state index in [-0.39, 0.29) is 6.10 Å². The zero-order valence-electron chi connectivity index (χ0n) is 12.4. The summed E-state index contributed by atoms with van der Waals surface area (Å²) in [4.78, 5) is 3.82. The van der Waals surface area contributed by atoms with Crippen LogP contribution >= 0.6 is 11.3 Å². The van der Waals surface area contributed by atoms with Crippen LogP contribution < -0.4 is 0 Å². The Labute approximate surface area is 121 Å². The highest BCUT2D eigenvalue weighted by Gasteiger charge is 2.30. The number of nitrogens with zero attached hydrogens (tertiary/aromatic N) is 1. The Morgan fingerprint density at radius 2 is 2.26 bits per heavy atom. The highest BCUT2D eigenvalue weighted by Crippen LogP contribution is 2.33. The molecule has 1 N–H and O–H groups in total. The molecule has 0 aromatic carbocycles. The summed E-state index contributed by atoms with van der Waals surface area (Å²) < 4.78 is 0. The molecule has 0 aliphatic heterocycles. The van der Waals surface area contributed by atoms with E-state index in [0.29, 0.717) is 12.0 Å². The quantitative estimate of drug-likeness (QED) is 0.884. The lowest BCUT2D eigenvalue weighted by Crippen LogP contribution is -2.38. The monoisotopic (exact) mass is 281 g/mol. The average molecular weight is 281 g/mol.